The lowest BCUT2D eigenvalue weighted by Crippen LogP contribution is -2.32. The van der Waals surface area contributed by atoms with E-state index in [1.54, 1.807) is 12.3 Å². The van der Waals surface area contributed by atoms with E-state index in [1.807, 2.05) is 37.2 Å². The summed E-state index contributed by atoms with van der Waals surface area (Å²) in [7, 11) is 3.94. The van der Waals surface area contributed by atoms with Gasteiger partial charge in [-0.3, -0.25) is 5.01 Å². The van der Waals surface area contributed by atoms with Crippen molar-refractivity contribution >= 4 is 11.1 Å². The van der Waals surface area contributed by atoms with E-state index in [9.17, 15) is 10.2 Å². The van der Waals surface area contributed by atoms with E-state index in [0.29, 0.717) is 34.7 Å². The van der Waals surface area contributed by atoms with E-state index < -0.39 is 6.04 Å². The highest BCUT2D eigenvalue weighted by Crippen LogP contribution is 2.34. The monoisotopic (exact) mass is 411 g/mol. The Morgan fingerprint density at radius 1 is 1.17 bits per heavy atom. The van der Waals surface area contributed by atoms with Crippen molar-refractivity contribution in [2.75, 3.05) is 20.6 Å². The van der Waals surface area contributed by atoms with Crippen molar-refractivity contribution in [2.24, 2.45) is 11.6 Å². The maximum Gasteiger partial charge on any atom is 0.224 e. The molecule has 0 aliphatic rings. The second-order valence-corrected chi connectivity index (χ2v) is 7.56. The number of hydrogen-bond acceptors (Lipinski definition) is 8. The van der Waals surface area contributed by atoms with Gasteiger partial charge in [0.1, 0.15) is 11.6 Å². The van der Waals surface area contributed by atoms with Crippen molar-refractivity contribution in [1.82, 2.24) is 14.9 Å². The molecule has 0 fully saturated rings. The second-order valence-electron chi connectivity index (χ2n) is 7.56. The summed E-state index contributed by atoms with van der Waals surface area (Å²) in [5, 5.41) is 21.1. The number of hydrogen-bond donors (Lipinski definition) is 4. The molecular weight excluding hydrogens is 382 g/mol. The van der Waals surface area contributed by atoms with Crippen molar-refractivity contribution in [3.63, 3.8) is 0 Å². The van der Waals surface area contributed by atoms with Crippen molar-refractivity contribution in [3.05, 3.63) is 65.3 Å². The third-order valence-electron chi connectivity index (χ3n) is 4.89. The van der Waals surface area contributed by atoms with Crippen molar-refractivity contribution < 1.29 is 14.6 Å². The van der Waals surface area contributed by atoms with Crippen molar-refractivity contribution in [1.29, 1.82) is 0 Å². The number of nitrogens with zero attached hydrogens (tertiary/aromatic N) is 3. The lowest BCUT2D eigenvalue weighted by Gasteiger charge is -2.25. The zero-order valence-electron chi connectivity index (χ0n) is 17.5. The molecule has 0 bridgehead atoms. The molecule has 8 nitrogen and oxygen atoms in total. The molecule has 1 unspecified atom stereocenters. The van der Waals surface area contributed by atoms with Gasteiger partial charge >= 0.3 is 0 Å². The molecule has 30 heavy (non-hydrogen) atoms. The number of aromatic nitrogens is 1. The summed E-state index contributed by atoms with van der Waals surface area (Å²) in [5.41, 5.74) is 9.88. The van der Waals surface area contributed by atoms with Gasteiger partial charge in [-0.15, -0.1) is 0 Å². The van der Waals surface area contributed by atoms with Crippen LogP contribution in [-0.2, 0) is 6.42 Å². The maximum absolute atomic E-state index is 10.0. The van der Waals surface area contributed by atoms with Crippen molar-refractivity contribution in [2.45, 2.75) is 25.8 Å². The fraction of sp³-hybridized carbons (Fsp3) is 0.318. The predicted molar refractivity (Wildman–Crippen MR) is 116 cm³/mol. The van der Waals surface area contributed by atoms with E-state index in [-0.39, 0.29) is 11.5 Å². The largest absolute Gasteiger partial charge is 0.504 e. The molecule has 0 aliphatic carbocycles. The van der Waals surface area contributed by atoms with Crippen LogP contribution in [0.25, 0.3) is 11.1 Å². The van der Waals surface area contributed by atoms with E-state index >= 15 is 0 Å². The van der Waals surface area contributed by atoms with Gasteiger partial charge in [-0.1, -0.05) is 19.1 Å². The minimum absolute atomic E-state index is 0.215. The molecule has 0 saturated heterocycles. The number of oxazole rings is 1. The van der Waals surface area contributed by atoms with Gasteiger partial charge < -0.3 is 25.3 Å². The Morgan fingerprint density at radius 2 is 1.93 bits per heavy atom. The Kier molecular flexibility index (Phi) is 6.49. The first kappa shape index (κ1) is 21.5. The molecule has 0 amide bonds. The molecule has 0 saturated carbocycles. The highest BCUT2D eigenvalue weighted by molar-refractivity contribution is 5.73. The Morgan fingerprint density at radius 3 is 2.60 bits per heavy atom. The summed E-state index contributed by atoms with van der Waals surface area (Å²) in [6, 6.07) is 9.74. The first-order valence-electron chi connectivity index (χ1n) is 9.83. The minimum Gasteiger partial charge on any atom is -0.504 e. The van der Waals surface area contributed by atoms with Gasteiger partial charge in [-0.2, -0.15) is 0 Å². The number of rotatable bonds is 8. The van der Waals surface area contributed by atoms with Crippen LogP contribution in [0.3, 0.4) is 0 Å². The number of benzene rings is 2. The quantitative estimate of drug-likeness (QED) is 0.253. The Hall–Kier alpha value is -3.23. The van der Waals surface area contributed by atoms with Crippen LogP contribution in [0.4, 0.5) is 0 Å². The predicted octanol–water partition coefficient (Wildman–Crippen LogP) is 2.82. The number of nitrogens with two attached hydrogens (primary N) is 2. The topological polar surface area (TPSA) is 125 Å². The van der Waals surface area contributed by atoms with Gasteiger partial charge in [0.05, 0.1) is 0 Å². The van der Waals surface area contributed by atoms with Gasteiger partial charge in [-0.05, 0) is 55.9 Å². The Balaban J connectivity index is 2.03. The van der Waals surface area contributed by atoms with Crippen LogP contribution in [0.5, 0.6) is 11.5 Å². The lowest BCUT2D eigenvalue weighted by molar-refractivity contribution is 0.279. The normalized spacial score (nSPS) is 13.2. The lowest BCUT2D eigenvalue weighted by atomic mass is 10.1. The van der Waals surface area contributed by atoms with Crippen LogP contribution in [0.15, 0.2) is 52.7 Å². The summed E-state index contributed by atoms with van der Waals surface area (Å²) >= 11 is 0. The van der Waals surface area contributed by atoms with Crippen LogP contribution in [0, 0.1) is 0 Å². The fourth-order valence-corrected chi connectivity index (χ4v) is 3.16. The van der Waals surface area contributed by atoms with Crippen LogP contribution >= 0.6 is 0 Å². The van der Waals surface area contributed by atoms with Gasteiger partial charge in [0, 0.05) is 24.9 Å². The van der Waals surface area contributed by atoms with E-state index in [1.165, 1.54) is 17.1 Å². The number of phenolic OH excluding ortho intramolecular Hbond substituents is 2. The molecule has 0 spiro atoms. The van der Waals surface area contributed by atoms with Crippen molar-refractivity contribution in [3.8, 4) is 11.5 Å². The van der Waals surface area contributed by atoms with Crippen LogP contribution < -0.4 is 11.6 Å². The molecule has 3 aromatic rings. The number of aromatic hydroxyl groups is 2. The van der Waals surface area contributed by atoms with Crippen LogP contribution in [-0.4, -0.2) is 45.7 Å². The van der Waals surface area contributed by atoms with Crippen LogP contribution in [0.2, 0.25) is 0 Å². The molecule has 0 aliphatic heterocycles. The summed E-state index contributed by atoms with van der Waals surface area (Å²) in [6.45, 7) is 2.85. The highest BCUT2D eigenvalue weighted by atomic mass is 16.4. The summed E-state index contributed by atoms with van der Waals surface area (Å²) in [5.74, 6) is 6.27. The number of aryl methyl sites for hydroxylation is 1. The van der Waals surface area contributed by atoms with E-state index in [4.69, 9.17) is 16.0 Å². The fourth-order valence-electron chi connectivity index (χ4n) is 3.16. The zero-order chi connectivity index (χ0) is 21.8. The minimum atomic E-state index is -0.646. The zero-order valence-corrected chi connectivity index (χ0v) is 17.5. The first-order chi connectivity index (χ1) is 14.3. The summed E-state index contributed by atoms with van der Waals surface area (Å²) in [6.07, 6.45) is 3.17. The molecule has 3 rings (SSSR count). The molecule has 2 aromatic carbocycles. The second kappa shape index (κ2) is 9.06. The molecule has 0 radical (unpaired) electrons. The summed E-state index contributed by atoms with van der Waals surface area (Å²) < 4.78 is 6.04. The summed E-state index contributed by atoms with van der Waals surface area (Å²) in [4.78, 5) is 6.64. The number of hydrazine groups is 1. The van der Waals surface area contributed by atoms with E-state index in [0.717, 1.165) is 18.5 Å². The maximum atomic E-state index is 10.0. The molecule has 1 heterocycles. The van der Waals surface area contributed by atoms with Gasteiger partial charge in [-0.25, -0.2) is 10.8 Å². The smallest absolute Gasteiger partial charge is 0.224 e. The van der Waals surface area contributed by atoms with E-state index in [2.05, 4.69) is 11.9 Å². The third kappa shape index (κ3) is 4.84. The standard InChI is InChI=1S/C22H29N5O3/c1-4-14-5-7-17-20(11-14)30-22(25-17)21(15-6-8-18(28)19(29)12-15)27(24)13-16(23)9-10-26(2)3/h5-8,11-13,21,28-29H,4,9-10,23-24H2,1-3H3/b16-13-. The molecular formula is C22H29N5O3. The Labute approximate surface area is 176 Å². The number of phenols is 2. The van der Waals surface area contributed by atoms with Crippen LogP contribution in [0.1, 0.15) is 36.4 Å². The molecule has 1 atom stereocenters. The molecule has 160 valence electrons. The van der Waals surface area contributed by atoms with Gasteiger partial charge in [0.2, 0.25) is 5.89 Å². The SMILES string of the molecule is CCc1ccc2nc(C(c3ccc(O)c(O)c3)N(N)/C=C(\N)CCN(C)C)oc2c1. The highest BCUT2D eigenvalue weighted by Gasteiger charge is 2.25. The molecule has 6 N–H and O–H groups in total. The molecule has 8 heteroatoms. The third-order valence-corrected chi connectivity index (χ3v) is 4.89. The average molecular weight is 412 g/mol. The van der Waals surface area contributed by atoms with Gasteiger partial charge in [0.15, 0.2) is 17.1 Å². The Bertz CT molecular complexity index is 1040. The molecule has 1 aromatic heterocycles. The first-order valence-corrected chi connectivity index (χ1v) is 9.83. The number of fused-ring (bicyclic) bond motifs is 1. The average Bonchev–Trinajstić information content (AvgIpc) is 3.11. The van der Waals surface area contributed by atoms with Gasteiger partial charge in [0.25, 0.3) is 0 Å².